The summed E-state index contributed by atoms with van der Waals surface area (Å²) in [6.45, 7) is 7.28. The van der Waals surface area contributed by atoms with Crippen molar-refractivity contribution < 1.29 is 41.8 Å². The van der Waals surface area contributed by atoms with Crippen LogP contribution in [0.3, 0.4) is 0 Å². The molecule has 2 amide bonds. The van der Waals surface area contributed by atoms with Gasteiger partial charge in [-0.15, -0.1) is 0 Å². The van der Waals surface area contributed by atoms with Crippen LogP contribution in [0, 0.1) is 0 Å². The van der Waals surface area contributed by atoms with Crippen molar-refractivity contribution >= 4 is 28.7 Å². The summed E-state index contributed by atoms with van der Waals surface area (Å²) in [5.74, 6) is -0.268. The van der Waals surface area contributed by atoms with Crippen LogP contribution in [0.5, 0.6) is 11.5 Å². The van der Waals surface area contributed by atoms with Crippen LogP contribution in [-0.2, 0) is 20.4 Å². The first-order valence-corrected chi connectivity index (χ1v) is 13.6. The lowest BCUT2D eigenvalue weighted by atomic mass is 10.1. The first kappa shape index (κ1) is 30.7. The third-order valence-corrected chi connectivity index (χ3v) is 6.52. The number of nitrogens with one attached hydrogen (secondary N) is 1. The van der Waals surface area contributed by atoms with Gasteiger partial charge in [0.2, 0.25) is 0 Å². The quantitative estimate of drug-likeness (QED) is 0.309. The number of likely N-dealkylation sites (tertiary alicyclic amines) is 1. The number of alkyl halides is 3. The Kier molecular flexibility index (Phi) is 8.98. The van der Waals surface area contributed by atoms with E-state index in [1.54, 1.807) is 64.1 Å². The van der Waals surface area contributed by atoms with Gasteiger partial charge < -0.3 is 19.5 Å². The van der Waals surface area contributed by atoms with E-state index < -0.39 is 41.5 Å². The number of carbonyl (C=O) groups is 3. The Morgan fingerprint density at radius 3 is 2.40 bits per heavy atom. The predicted molar refractivity (Wildman–Crippen MR) is 149 cm³/mol. The van der Waals surface area contributed by atoms with E-state index in [9.17, 15) is 27.6 Å². The zero-order chi connectivity index (χ0) is 30.7. The fraction of sp³-hybridized carbons (Fsp3) is 0.387. The summed E-state index contributed by atoms with van der Waals surface area (Å²) >= 11 is 0. The van der Waals surface area contributed by atoms with E-state index in [1.807, 2.05) is 0 Å². The monoisotopic (exact) mass is 586 g/mol. The molecule has 4 rings (SSSR count). The average Bonchev–Trinajstić information content (AvgIpc) is 3.41. The number of rotatable bonds is 7. The maximum Gasteiger partial charge on any atom is 0.416 e. The summed E-state index contributed by atoms with van der Waals surface area (Å²) in [6, 6.07) is 13.3. The minimum atomic E-state index is -4.44. The van der Waals surface area contributed by atoms with Crippen LogP contribution < -0.4 is 10.1 Å². The van der Waals surface area contributed by atoms with Gasteiger partial charge in [-0.25, -0.2) is 9.59 Å². The molecule has 224 valence electrons. The maximum absolute atomic E-state index is 12.9. The van der Waals surface area contributed by atoms with Gasteiger partial charge in [-0.1, -0.05) is 12.1 Å². The van der Waals surface area contributed by atoms with Crippen LogP contribution in [0.15, 0.2) is 60.7 Å². The first-order chi connectivity index (χ1) is 19.7. The molecule has 0 bridgehead atoms. The van der Waals surface area contributed by atoms with Crippen molar-refractivity contribution in [3.63, 3.8) is 0 Å². The number of esters is 1. The van der Waals surface area contributed by atoms with Crippen LogP contribution in [0.1, 0.15) is 56.5 Å². The molecule has 0 aromatic heterocycles. The second-order valence-corrected chi connectivity index (χ2v) is 11.2. The van der Waals surface area contributed by atoms with Gasteiger partial charge in [-0.05, 0) is 94.5 Å². The molecule has 1 heterocycles. The number of nitrogens with zero attached hydrogens (tertiary/aromatic N) is 1. The second kappa shape index (κ2) is 12.3. The summed E-state index contributed by atoms with van der Waals surface area (Å²) < 4.78 is 55.2. The van der Waals surface area contributed by atoms with Crippen molar-refractivity contribution in [2.24, 2.45) is 0 Å². The lowest BCUT2D eigenvalue weighted by Gasteiger charge is -2.27. The van der Waals surface area contributed by atoms with Crippen LogP contribution in [-0.4, -0.2) is 53.7 Å². The molecule has 1 aliphatic heterocycles. The number of hydrogen-bond acceptors (Lipinski definition) is 6. The van der Waals surface area contributed by atoms with Gasteiger partial charge >= 0.3 is 18.2 Å². The number of benzene rings is 3. The van der Waals surface area contributed by atoms with Crippen molar-refractivity contribution in [3.8, 4) is 11.5 Å². The smallest absolute Gasteiger partial charge is 0.416 e. The minimum absolute atomic E-state index is 0.0814. The third-order valence-electron chi connectivity index (χ3n) is 6.52. The van der Waals surface area contributed by atoms with Crippen LogP contribution in [0.2, 0.25) is 0 Å². The molecule has 0 unspecified atom stereocenters. The highest BCUT2D eigenvalue weighted by Gasteiger charge is 2.37. The molecule has 1 fully saturated rings. The molecule has 3 aromatic rings. The second-order valence-electron chi connectivity index (χ2n) is 11.2. The normalized spacial score (nSPS) is 16.2. The Morgan fingerprint density at radius 1 is 1.02 bits per heavy atom. The number of amides is 2. The van der Waals surface area contributed by atoms with Gasteiger partial charge in [0.15, 0.2) is 0 Å². The largest absolute Gasteiger partial charge is 0.462 e. The fourth-order valence-corrected chi connectivity index (χ4v) is 4.53. The van der Waals surface area contributed by atoms with Crippen molar-refractivity contribution in [1.29, 1.82) is 0 Å². The molecule has 1 N–H and O–H groups in total. The summed E-state index contributed by atoms with van der Waals surface area (Å²) in [5.41, 5.74) is -1.09. The first-order valence-electron chi connectivity index (χ1n) is 13.6. The molecule has 2 atom stereocenters. The fourth-order valence-electron chi connectivity index (χ4n) is 4.53. The molecule has 0 spiro atoms. The SMILES string of the molecule is C[C@H](COC(=O)[C@@H]1CCCN1C(=O)OC(C)(C)C)NC(=O)c1ccc2c(Oc3ccc(C(F)(F)F)cc3)cccc2c1. The van der Waals surface area contributed by atoms with E-state index in [0.717, 1.165) is 12.1 Å². The minimum Gasteiger partial charge on any atom is -0.462 e. The molecule has 0 radical (unpaired) electrons. The molecule has 42 heavy (non-hydrogen) atoms. The van der Waals surface area contributed by atoms with E-state index >= 15 is 0 Å². The molecular formula is C31H33F3N2O6. The highest BCUT2D eigenvalue weighted by molar-refractivity contribution is 6.00. The number of fused-ring (bicyclic) bond motifs is 1. The molecule has 1 aliphatic rings. The number of carbonyl (C=O) groups excluding carboxylic acids is 3. The molecule has 3 aromatic carbocycles. The Morgan fingerprint density at radius 2 is 1.74 bits per heavy atom. The standard InChI is InChI=1S/C31H33F3N2O6/c1-19(18-40-28(38)25-8-6-16-36(25)29(39)42-30(2,3)4)35-27(37)21-10-15-24-20(17-21)7-5-9-26(24)41-23-13-11-22(12-14-23)31(32,33)34/h5,7,9-15,17,19,25H,6,8,16,18H2,1-4H3,(H,35,37)/t19-,25+/m1/s1. The highest BCUT2D eigenvalue weighted by atomic mass is 19.4. The predicted octanol–water partition coefficient (Wildman–Crippen LogP) is 6.71. The van der Waals surface area contributed by atoms with Gasteiger partial charge in [-0.3, -0.25) is 9.69 Å². The Bertz CT molecular complexity index is 1450. The number of hydrogen-bond donors (Lipinski definition) is 1. The van der Waals surface area contributed by atoms with E-state index in [-0.39, 0.29) is 18.3 Å². The molecule has 11 heteroatoms. The molecule has 1 saturated heterocycles. The van der Waals surface area contributed by atoms with Gasteiger partial charge in [0.05, 0.1) is 11.6 Å². The zero-order valence-corrected chi connectivity index (χ0v) is 23.8. The van der Waals surface area contributed by atoms with Crippen molar-refractivity contribution in [2.45, 2.75) is 64.4 Å². The van der Waals surface area contributed by atoms with Crippen LogP contribution in [0.4, 0.5) is 18.0 Å². The lowest BCUT2D eigenvalue weighted by Crippen LogP contribution is -2.45. The topological polar surface area (TPSA) is 94.2 Å². The van der Waals surface area contributed by atoms with Crippen LogP contribution in [0.25, 0.3) is 10.8 Å². The summed E-state index contributed by atoms with van der Waals surface area (Å²) in [6.07, 6.45) is -3.87. The molecule has 8 nitrogen and oxygen atoms in total. The maximum atomic E-state index is 12.9. The van der Waals surface area contributed by atoms with Gasteiger partial charge in [0.25, 0.3) is 5.91 Å². The Labute approximate surface area is 241 Å². The zero-order valence-electron chi connectivity index (χ0n) is 23.8. The average molecular weight is 587 g/mol. The van der Waals surface area contributed by atoms with Gasteiger partial charge in [-0.2, -0.15) is 13.2 Å². The number of ether oxygens (including phenoxy) is 3. The van der Waals surface area contributed by atoms with E-state index in [1.165, 1.54) is 17.0 Å². The highest BCUT2D eigenvalue weighted by Crippen LogP contribution is 2.34. The lowest BCUT2D eigenvalue weighted by molar-refractivity contribution is -0.149. The molecule has 0 saturated carbocycles. The summed E-state index contributed by atoms with van der Waals surface area (Å²) in [7, 11) is 0. The summed E-state index contributed by atoms with van der Waals surface area (Å²) in [4.78, 5) is 39.5. The Hall–Kier alpha value is -4.28. The third kappa shape index (κ3) is 7.71. The van der Waals surface area contributed by atoms with Crippen molar-refractivity contribution in [3.05, 3.63) is 71.8 Å². The van der Waals surface area contributed by atoms with E-state index in [0.29, 0.717) is 41.5 Å². The van der Waals surface area contributed by atoms with Crippen molar-refractivity contribution in [2.75, 3.05) is 13.2 Å². The number of halogens is 3. The molecule has 0 aliphatic carbocycles. The van der Waals surface area contributed by atoms with Crippen molar-refractivity contribution in [1.82, 2.24) is 10.2 Å². The summed E-state index contributed by atoms with van der Waals surface area (Å²) in [5, 5.41) is 4.16. The van der Waals surface area contributed by atoms with E-state index in [4.69, 9.17) is 14.2 Å². The van der Waals surface area contributed by atoms with Crippen LogP contribution >= 0.6 is 0 Å². The van der Waals surface area contributed by atoms with Gasteiger partial charge in [0, 0.05) is 17.5 Å². The molecular weight excluding hydrogens is 553 g/mol. The Balaban J connectivity index is 1.34. The van der Waals surface area contributed by atoms with Gasteiger partial charge in [0.1, 0.15) is 29.7 Å². The van der Waals surface area contributed by atoms with E-state index in [2.05, 4.69) is 5.32 Å².